The minimum absolute atomic E-state index is 0.00385. The van der Waals surface area contributed by atoms with E-state index in [-0.39, 0.29) is 5.69 Å². The van der Waals surface area contributed by atoms with Gasteiger partial charge >= 0.3 is 0 Å². The van der Waals surface area contributed by atoms with E-state index in [1.807, 2.05) is 13.0 Å². The fraction of sp³-hybridized carbons (Fsp3) is 0.0588. The van der Waals surface area contributed by atoms with Crippen LogP contribution in [0.2, 0.25) is 0 Å². The predicted molar refractivity (Wildman–Crippen MR) is 91.1 cm³/mol. The molecule has 0 saturated carbocycles. The molecule has 7 heteroatoms. The Labute approximate surface area is 141 Å². The summed E-state index contributed by atoms with van der Waals surface area (Å²) >= 11 is 1.30. The Balaban J connectivity index is 1.95. The first kappa shape index (κ1) is 15.6. The van der Waals surface area contributed by atoms with Crippen LogP contribution in [-0.2, 0) is 0 Å². The second-order valence-electron chi connectivity index (χ2n) is 4.96. The zero-order chi connectivity index (χ0) is 17.1. The van der Waals surface area contributed by atoms with Gasteiger partial charge in [0.15, 0.2) is 0 Å². The summed E-state index contributed by atoms with van der Waals surface area (Å²) in [4.78, 5) is 14.8. The predicted octanol–water partition coefficient (Wildman–Crippen LogP) is 4.68. The monoisotopic (exact) mass is 337 g/mol. The number of allylic oxidation sites excluding steroid dienone is 1. The first-order valence-corrected chi connectivity index (χ1v) is 7.84. The number of aromatic nitrogens is 1. The molecular formula is C17H11N3O3S. The first-order valence-electron chi connectivity index (χ1n) is 6.96. The van der Waals surface area contributed by atoms with Gasteiger partial charge in [-0.2, -0.15) is 5.26 Å². The fourth-order valence-corrected chi connectivity index (χ4v) is 2.92. The molecule has 0 amide bonds. The Morgan fingerprint density at radius 3 is 2.92 bits per heavy atom. The number of nitro benzene ring substituents is 1. The van der Waals surface area contributed by atoms with Crippen LogP contribution in [0, 0.1) is 28.4 Å². The minimum atomic E-state index is -0.448. The summed E-state index contributed by atoms with van der Waals surface area (Å²) in [6.07, 6.45) is 1.63. The van der Waals surface area contributed by atoms with Crippen molar-refractivity contribution < 1.29 is 9.34 Å². The van der Waals surface area contributed by atoms with Crippen LogP contribution in [0.25, 0.3) is 22.9 Å². The van der Waals surface area contributed by atoms with Gasteiger partial charge < -0.3 is 4.42 Å². The Morgan fingerprint density at radius 2 is 2.25 bits per heavy atom. The normalized spacial score (nSPS) is 11.2. The number of hydrogen-bond acceptors (Lipinski definition) is 6. The van der Waals surface area contributed by atoms with Gasteiger partial charge in [0.25, 0.3) is 5.69 Å². The van der Waals surface area contributed by atoms with Gasteiger partial charge in [0.05, 0.1) is 16.2 Å². The average Bonchev–Trinajstić information content (AvgIpc) is 3.22. The highest BCUT2D eigenvalue weighted by molar-refractivity contribution is 7.11. The van der Waals surface area contributed by atoms with Crippen LogP contribution in [0.5, 0.6) is 0 Å². The molecule has 118 valence electrons. The van der Waals surface area contributed by atoms with Crippen LogP contribution in [0.15, 0.2) is 46.2 Å². The number of benzene rings is 1. The molecule has 1 aromatic carbocycles. The van der Waals surface area contributed by atoms with Gasteiger partial charge in [0.2, 0.25) is 0 Å². The number of furan rings is 1. The van der Waals surface area contributed by atoms with E-state index in [2.05, 4.69) is 11.1 Å². The van der Waals surface area contributed by atoms with Gasteiger partial charge in [-0.05, 0) is 19.1 Å². The number of nitro groups is 1. The first-order chi connectivity index (χ1) is 11.6. The van der Waals surface area contributed by atoms with Gasteiger partial charge in [-0.15, -0.1) is 11.3 Å². The highest BCUT2D eigenvalue weighted by Crippen LogP contribution is 2.29. The molecule has 0 saturated heterocycles. The Bertz CT molecular complexity index is 979. The summed E-state index contributed by atoms with van der Waals surface area (Å²) in [5.41, 5.74) is 1.61. The minimum Gasteiger partial charge on any atom is -0.462 e. The van der Waals surface area contributed by atoms with E-state index < -0.39 is 4.92 Å². The number of non-ortho nitro benzene ring substituents is 1. The number of nitriles is 1. The molecule has 0 spiro atoms. The van der Waals surface area contributed by atoms with E-state index in [0.717, 1.165) is 5.76 Å². The molecule has 0 atom stereocenters. The fourth-order valence-electron chi connectivity index (χ4n) is 2.12. The van der Waals surface area contributed by atoms with Crippen molar-refractivity contribution in [2.24, 2.45) is 0 Å². The number of thiazole rings is 1. The lowest BCUT2D eigenvalue weighted by atomic mass is 10.1. The Kier molecular flexibility index (Phi) is 4.22. The lowest BCUT2D eigenvalue weighted by Gasteiger charge is -1.97. The van der Waals surface area contributed by atoms with E-state index in [1.54, 1.807) is 29.7 Å². The highest BCUT2D eigenvalue weighted by atomic mass is 32.1. The molecule has 2 aromatic heterocycles. The molecule has 0 aliphatic carbocycles. The molecule has 6 nitrogen and oxygen atoms in total. The Hall–Kier alpha value is -3.24. The van der Waals surface area contributed by atoms with Crippen LogP contribution >= 0.6 is 11.3 Å². The summed E-state index contributed by atoms with van der Waals surface area (Å²) in [5.74, 6) is 1.34. The number of aryl methyl sites for hydroxylation is 1. The lowest BCUT2D eigenvalue weighted by molar-refractivity contribution is -0.384. The summed E-state index contributed by atoms with van der Waals surface area (Å²) in [7, 11) is 0. The molecule has 0 fully saturated rings. The van der Waals surface area contributed by atoms with Gasteiger partial charge in [-0.3, -0.25) is 10.1 Å². The third-order valence-electron chi connectivity index (χ3n) is 3.26. The molecule has 3 aromatic rings. The lowest BCUT2D eigenvalue weighted by Crippen LogP contribution is -1.88. The molecule has 0 bridgehead atoms. The quantitative estimate of drug-likeness (QED) is 0.391. The van der Waals surface area contributed by atoms with E-state index in [9.17, 15) is 15.4 Å². The Morgan fingerprint density at radius 1 is 1.42 bits per heavy atom. The zero-order valence-electron chi connectivity index (χ0n) is 12.6. The largest absolute Gasteiger partial charge is 0.462 e. The average molecular weight is 337 g/mol. The maximum atomic E-state index is 10.9. The van der Waals surface area contributed by atoms with Gasteiger partial charge in [0.1, 0.15) is 22.6 Å². The van der Waals surface area contributed by atoms with Crippen molar-refractivity contribution in [1.29, 1.82) is 5.26 Å². The molecule has 2 heterocycles. The highest BCUT2D eigenvalue weighted by Gasteiger charge is 2.12. The van der Waals surface area contributed by atoms with Crippen molar-refractivity contribution >= 4 is 28.7 Å². The summed E-state index contributed by atoms with van der Waals surface area (Å²) in [6.45, 7) is 1.83. The van der Waals surface area contributed by atoms with Crippen molar-refractivity contribution in [3.05, 3.63) is 68.4 Å². The van der Waals surface area contributed by atoms with Crippen molar-refractivity contribution in [2.75, 3.05) is 0 Å². The van der Waals surface area contributed by atoms with Crippen LogP contribution in [0.4, 0.5) is 5.69 Å². The maximum Gasteiger partial charge on any atom is 0.270 e. The second kappa shape index (κ2) is 6.48. The van der Waals surface area contributed by atoms with Crippen molar-refractivity contribution in [2.45, 2.75) is 6.92 Å². The molecule has 0 unspecified atom stereocenters. The van der Waals surface area contributed by atoms with E-state index >= 15 is 0 Å². The number of hydrogen-bond donors (Lipinski definition) is 0. The van der Waals surface area contributed by atoms with Gasteiger partial charge in [-0.1, -0.05) is 12.1 Å². The second-order valence-corrected chi connectivity index (χ2v) is 5.82. The molecule has 0 N–H and O–H groups in total. The van der Waals surface area contributed by atoms with Crippen LogP contribution in [-0.4, -0.2) is 9.91 Å². The summed E-state index contributed by atoms with van der Waals surface area (Å²) in [6, 6.07) is 12.0. The molecule has 0 aliphatic heterocycles. The van der Waals surface area contributed by atoms with Crippen LogP contribution < -0.4 is 0 Å². The molecule has 24 heavy (non-hydrogen) atoms. The summed E-state index contributed by atoms with van der Waals surface area (Å²) in [5, 5.41) is 22.5. The van der Waals surface area contributed by atoms with Gasteiger partial charge in [-0.25, -0.2) is 4.98 Å². The SMILES string of the molecule is Cc1ccc(/C=C(/C#N)c2nc(-c3cccc([N+](=O)[O-])c3)cs2)o1. The molecule has 0 radical (unpaired) electrons. The number of nitrogens with zero attached hydrogens (tertiary/aromatic N) is 3. The van der Waals surface area contributed by atoms with Crippen molar-refractivity contribution in [1.82, 2.24) is 4.98 Å². The van der Waals surface area contributed by atoms with Crippen LogP contribution in [0.1, 0.15) is 16.5 Å². The molecule has 0 aliphatic rings. The van der Waals surface area contributed by atoms with Crippen LogP contribution in [0.3, 0.4) is 0 Å². The third kappa shape index (κ3) is 3.24. The number of rotatable bonds is 4. The van der Waals surface area contributed by atoms with Crippen molar-refractivity contribution in [3.63, 3.8) is 0 Å². The van der Waals surface area contributed by atoms with E-state index in [0.29, 0.717) is 27.6 Å². The smallest absolute Gasteiger partial charge is 0.270 e. The maximum absolute atomic E-state index is 10.9. The third-order valence-corrected chi connectivity index (χ3v) is 4.13. The van der Waals surface area contributed by atoms with E-state index in [1.165, 1.54) is 23.5 Å². The standard InChI is InChI=1S/C17H11N3O3S/c1-11-5-6-15(23-11)8-13(9-18)17-19-16(10-24-17)12-3-2-4-14(7-12)20(21)22/h2-8,10H,1H3/b13-8-. The van der Waals surface area contributed by atoms with E-state index in [4.69, 9.17) is 4.42 Å². The molecular weight excluding hydrogens is 326 g/mol. The molecule has 3 rings (SSSR count). The summed E-state index contributed by atoms with van der Waals surface area (Å²) < 4.78 is 5.45. The van der Waals surface area contributed by atoms with Gasteiger partial charge in [0, 0.05) is 29.2 Å². The zero-order valence-corrected chi connectivity index (χ0v) is 13.4. The van der Waals surface area contributed by atoms with Crippen molar-refractivity contribution in [3.8, 4) is 17.3 Å². The topological polar surface area (TPSA) is 93.0 Å².